The molecule has 0 radical (unpaired) electrons. The zero-order chi connectivity index (χ0) is 15.9. The Morgan fingerprint density at radius 2 is 1.95 bits per heavy atom. The maximum atomic E-state index is 9.54. The average Bonchev–Trinajstić information content (AvgIpc) is 2.58. The summed E-state index contributed by atoms with van der Waals surface area (Å²) in [7, 11) is 1.98. The van der Waals surface area contributed by atoms with Gasteiger partial charge in [0.25, 0.3) is 0 Å². The zero-order valence-corrected chi connectivity index (χ0v) is 13.8. The van der Waals surface area contributed by atoms with Crippen LogP contribution in [0.1, 0.15) is 30.7 Å². The van der Waals surface area contributed by atoms with Crippen molar-refractivity contribution in [1.82, 2.24) is 15.1 Å². The minimum absolute atomic E-state index is 0.679. The molecule has 0 aromatic carbocycles. The van der Waals surface area contributed by atoms with Crippen molar-refractivity contribution in [2.75, 3.05) is 51.3 Å². The predicted molar refractivity (Wildman–Crippen MR) is 86.0 cm³/mol. The third-order valence-corrected chi connectivity index (χ3v) is 4.16. The summed E-state index contributed by atoms with van der Waals surface area (Å²) in [5.74, 6) is 0.699. The quantitative estimate of drug-likeness (QED) is 0.788. The van der Waals surface area contributed by atoms with Crippen molar-refractivity contribution in [2.24, 2.45) is 0 Å². The fraction of sp³-hybridized carbons (Fsp3) is 0.688. The van der Waals surface area contributed by atoms with E-state index in [1.165, 1.54) is 0 Å². The molecular weight excluding hydrogens is 278 g/mol. The lowest BCUT2D eigenvalue weighted by Gasteiger charge is -2.29. The van der Waals surface area contributed by atoms with Crippen LogP contribution in [0.5, 0.6) is 0 Å². The molecule has 2 heterocycles. The number of nitrogens with zero attached hydrogens (tertiary/aromatic N) is 5. The molecule has 0 spiro atoms. The second-order valence-corrected chi connectivity index (χ2v) is 5.52. The summed E-state index contributed by atoms with van der Waals surface area (Å²) < 4.78 is 5.36. The lowest BCUT2D eigenvalue weighted by Crippen LogP contribution is -2.41. The number of morpholine rings is 1. The Kier molecular flexibility index (Phi) is 6.10. The first kappa shape index (κ1) is 16.7. The monoisotopic (exact) mass is 303 g/mol. The normalized spacial score (nSPS) is 15.5. The molecule has 120 valence electrons. The van der Waals surface area contributed by atoms with Crippen molar-refractivity contribution in [3.63, 3.8) is 0 Å². The van der Waals surface area contributed by atoms with Crippen molar-refractivity contribution in [2.45, 2.75) is 26.7 Å². The van der Waals surface area contributed by atoms with E-state index in [0.717, 1.165) is 63.5 Å². The fourth-order valence-corrected chi connectivity index (χ4v) is 2.77. The Bertz CT molecular complexity index is 534. The van der Waals surface area contributed by atoms with Crippen LogP contribution in [-0.4, -0.2) is 61.5 Å². The maximum Gasteiger partial charge on any atom is 0.169 e. The van der Waals surface area contributed by atoms with Crippen LogP contribution in [0.15, 0.2) is 0 Å². The van der Waals surface area contributed by atoms with Crippen LogP contribution in [0.3, 0.4) is 0 Å². The highest BCUT2D eigenvalue weighted by Gasteiger charge is 2.18. The van der Waals surface area contributed by atoms with Gasteiger partial charge in [-0.15, -0.1) is 5.10 Å². The molecule has 0 N–H and O–H groups in total. The molecule has 0 aliphatic carbocycles. The number of hydrogen-bond donors (Lipinski definition) is 0. The third-order valence-electron chi connectivity index (χ3n) is 4.16. The van der Waals surface area contributed by atoms with Gasteiger partial charge < -0.3 is 9.64 Å². The number of hydrogen-bond acceptors (Lipinski definition) is 6. The highest BCUT2D eigenvalue weighted by atomic mass is 16.5. The number of rotatable bonds is 6. The average molecular weight is 303 g/mol. The van der Waals surface area contributed by atoms with Gasteiger partial charge in [-0.1, -0.05) is 13.8 Å². The van der Waals surface area contributed by atoms with Gasteiger partial charge in [0.15, 0.2) is 5.82 Å². The molecule has 0 unspecified atom stereocenters. The number of likely N-dealkylation sites (N-methyl/N-ethyl adjacent to an activating group) is 1. The molecule has 1 aliphatic rings. The van der Waals surface area contributed by atoms with E-state index in [-0.39, 0.29) is 0 Å². The van der Waals surface area contributed by atoms with Gasteiger partial charge in [0.2, 0.25) is 0 Å². The standard InChI is InChI=1S/C16H25N5O/c1-4-13-14(12-17)16(19-18-15(13)5-2)20(3)6-7-21-8-10-22-11-9-21/h4-11H2,1-3H3. The summed E-state index contributed by atoms with van der Waals surface area (Å²) in [4.78, 5) is 4.42. The summed E-state index contributed by atoms with van der Waals surface area (Å²) in [6, 6.07) is 2.33. The van der Waals surface area contributed by atoms with Gasteiger partial charge in [-0.3, -0.25) is 4.90 Å². The minimum Gasteiger partial charge on any atom is -0.379 e. The Balaban J connectivity index is 2.11. The molecule has 6 nitrogen and oxygen atoms in total. The van der Waals surface area contributed by atoms with Gasteiger partial charge in [-0.05, 0) is 18.4 Å². The van der Waals surface area contributed by atoms with E-state index in [0.29, 0.717) is 11.4 Å². The predicted octanol–water partition coefficient (Wildman–Crippen LogP) is 1.24. The molecule has 0 saturated carbocycles. The first-order chi connectivity index (χ1) is 10.7. The molecular formula is C16H25N5O. The van der Waals surface area contributed by atoms with Gasteiger partial charge in [-0.25, -0.2) is 0 Å². The molecule has 1 aliphatic heterocycles. The lowest BCUT2D eigenvalue weighted by atomic mass is 10.0. The summed E-state index contributed by atoms with van der Waals surface area (Å²) in [5.41, 5.74) is 2.65. The van der Waals surface area contributed by atoms with E-state index in [1.54, 1.807) is 0 Å². The number of aromatic nitrogens is 2. The Labute approximate surface area is 132 Å². The van der Waals surface area contributed by atoms with Crippen LogP contribution in [0.2, 0.25) is 0 Å². The van der Waals surface area contributed by atoms with Crippen LogP contribution in [0.4, 0.5) is 5.82 Å². The van der Waals surface area contributed by atoms with E-state index < -0.39 is 0 Å². The van der Waals surface area contributed by atoms with Crippen LogP contribution >= 0.6 is 0 Å². The molecule has 1 aromatic heterocycles. The second kappa shape index (κ2) is 8.06. The molecule has 6 heteroatoms. The molecule has 0 bridgehead atoms. The Morgan fingerprint density at radius 1 is 1.23 bits per heavy atom. The largest absolute Gasteiger partial charge is 0.379 e. The van der Waals surface area contributed by atoms with E-state index in [9.17, 15) is 5.26 Å². The molecule has 0 amide bonds. The summed E-state index contributed by atoms with van der Waals surface area (Å²) in [6.07, 6.45) is 1.62. The van der Waals surface area contributed by atoms with Gasteiger partial charge in [-0.2, -0.15) is 10.4 Å². The molecule has 2 rings (SSSR count). The van der Waals surface area contributed by atoms with Crippen LogP contribution < -0.4 is 4.90 Å². The molecule has 22 heavy (non-hydrogen) atoms. The second-order valence-electron chi connectivity index (χ2n) is 5.52. The summed E-state index contributed by atoms with van der Waals surface area (Å²) in [5, 5.41) is 18.2. The van der Waals surface area contributed by atoms with Crippen molar-refractivity contribution < 1.29 is 4.74 Å². The number of anilines is 1. The maximum absolute atomic E-state index is 9.54. The van der Waals surface area contributed by atoms with Crippen molar-refractivity contribution in [3.8, 4) is 6.07 Å². The number of nitriles is 1. The first-order valence-corrected chi connectivity index (χ1v) is 8.01. The highest BCUT2D eigenvalue weighted by molar-refractivity contribution is 5.57. The van der Waals surface area contributed by atoms with E-state index >= 15 is 0 Å². The Hall–Kier alpha value is -1.71. The van der Waals surface area contributed by atoms with Crippen molar-refractivity contribution in [1.29, 1.82) is 5.26 Å². The summed E-state index contributed by atoms with van der Waals surface area (Å²) >= 11 is 0. The van der Waals surface area contributed by atoms with Gasteiger partial charge >= 0.3 is 0 Å². The van der Waals surface area contributed by atoms with Crippen LogP contribution in [0.25, 0.3) is 0 Å². The number of aryl methyl sites for hydroxylation is 1. The first-order valence-electron chi connectivity index (χ1n) is 8.01. The third kappa shape index (κ3) is 3.73. The van der Waals surface area contributed by atoms with Crippen molar-refractivity contribution in [3.05, 3.63) is 16.8 Å². The summed E-state index contributed by atoms with van der Waals surface area (Å²) in [6.45, 7) is 9.44. The zero-order valence-electron chi connectivity index (χ0n) is 13.8. The molecule has 0 atom stereocenters. The Morgan fingerprint density at radius 3 is 2.55 bits per heavy atom. The van der Waals surface area contributed by atoms with E-state index in [1.807, 2.05) is 18.9 Å². The van der Waals surface area contributed by atoms with Gasteiger partial charge in [0, 0.05) is 33.2 Å². The van der Waals surface area contributed by atoms with Crippen LogP contribution in [0, 0.1) is 11.3 Å². The van der Waals surface area contributed by atoms with E-state index in [2.05, 4.69) is 28.1 Å². The lowest BCUT2D eigenvalue weighted by molar-refractivity contribution is 0.0392. The fourth-order valence-electron chi connectivity index (χ4n) is 2.77. The molecule has 1 aromatic rings. The molecule has 1 fully saturated rings. The van der Waals surface area contributed by atoms with E-state index in [4.69, 9.17) is 4.74 Å². The molecule has 1 saturated heterocycles. The van der Waals surface area contributed by atoms with Crippen molar-refractivity contribution >= 4 is 5.82 Å². The topological polar surface area (TPSA) is 65.3 Å². The highest BCUT2D eigenvalue weighted by Crippen LogP contribution is 2.22. The van der Waals surface area contributed by atoms with Crippen LogP contribution in [-0.2, 0) is 17.6 Å². The SMILES string of the molecule is CCc1nnc(N(C)CCN2CCOCC2)c(C#N)c1CC. The van der Waals surface area contributed by atoms with Gasteiger partial charge in [0.1, 0.15) is 11.6 Å². The number of ether oxygens (including phenoxy) is 1. The minimum atomic E-state index is 0.679. The smallest absolute Gasteiger partial charge is 0.169 e. The van der Waals surface area contributed by atoms with Gasteiger partial charge in [0.05, 0.1) is 18.9 Å².